The minimum absolute atomic E-state index is 0.206. The van der Waals surface area contributed by atoms with E-state index < -0.39 is 0 Å². The summed E-state index contributed by atoms with van der Waals surface area (Å²) in [6, 6.07) is 0. The summed E-state index contributed by atoms with van der Waals surface area (Å²) in [4.78, 5) is 11.5. The maximum absolute atomic E-state index is 11.5. The number of hydrogen-bond acceptors (Lipinski definition) is 2. The van der Waals surface area contributed by atoms with E-state index in [1.165, 1.54) is 37.7 Å². The average molecular weight is 205 g/mol. The summed E-state index contributed by atoms with van der Waals surface area (Å²) in [5.41, 5.74) is 7.76. The van der Waals surface area contributed by atoms with E-state index in [4.69, 9.17) is 5.73 Å². The van der Waals surface area contributed by atoms with E-state index in [-0.39, 0.29) is 5.78 Å². The molecule has 0 saturated heterocycles. The second-order valence-electron chi connectivity index (χ2n) is 4.54. The average Bonchev–Trinajstić information content (AvgIpc) is 2.31. The fourth-order valence-electron chi connectivity index (χ4n) is 2.58. The lowest BCUT2D eigenvalue weighted by molar-refractivity contribution is -0.114. The molecule has 0 amide bonds. The Kier molecular flexibility index (Phi) is 3.37. The van der Waals surface area contributed by atoms with E-state index in [9.17, 15) is 4.79 Å². The monoisotopic (exact) mass is 205 g/mol. The van der Waals surface area contributed by atoms with Crippen molar-refractivity contribution in [2.75, 3.05) is 6.54 Å². The lowest BCUT2D eigenvalue weighted by atomic mass is 9.80. The van der Waals surface area contributed by atoms with E-state index in [1.807, 2.05) is 6.08 Å². The van der Waals surface area contributed by atoms with Gasteiger partial charge in [-0.15, -0.1) is 0 Å². The molecule has 2 aliphatic rings. The number of ketones is 1. The molecule has 1 saturated carbocycles. The van der Waals surface area contributed by atoms with Crippen molar-refractivity contribution in [2.45, 2.75) is 38.5 Å². The molecule has 0 aromatic heterocycles. The van der Waals surface area contributed by atoms with Crippen LogP contribution in [0.4, 0.5) is 0 Å². The number of carbonyl (C=O) groups excluding carboxylic acids is 1. The maximum Gasteiger partial charge on any atom is 0.163 e. The highest BCUT2D eigenvalue weighted by Gasteiger charge is 2.20. The highest BCUT2D eigenvalue weighted by Crippen LogP contribution is 2.32. The van der Waals surface area contributed by atoms with Gasteiger partial charge in [-0.25, -0.2) is 0 Å². The first-order chi connectivity index (χ1) is 7.31. The van der Waals surface area contributed by atoms with Crippen LogP contribution in [0, 0.1) is 5.92 Å². The molecule has 0 radical (unpaired) electrons. The molecule has 0 aromatic carbocycles. The first-order valence-corrected chi connectivity index (χ1v) is 5.95. The van der Waals surface area contributed by atoms with E-state index >= 15 is 0 Å². The van der Waals surface area contributed by atoms with Gasteiger partial charge in [0.2, 0.25) is 0 Å². The first-order valence-electron chi connectivity index (χ1n) is 5.95. The Morgan fingerprint density at radius 3 is 2.67 bits per heavy atom. The summed E-state index contributed by atoms with van der Waals surface area (Å²) >= 11 is 0. The zero-order chi connectivity index (χ0) is 10.7. The Labute approximate surface area is 91.2 Å². The van der Waals surface area contributed by atoms with Gasteiger partial charge in [-0.2, -0.15) is 0 Å². The molecular formula is C13H19NO. The zero-order valence-corrected chi connectivity index (χ0v) is 9.17. The van der Waals surface area contributed by atoms with Gasteiger partial charge in [0.25, 0.3) is 0 Å². The van der Waals surface area contributed by atoms with Gasteiger partial charge in [0.05, 0.1) is 0 Å². The van der Waals surface area contributed by atoms with E-state index in [1.54, 1.807) is 0 Å². The number of allylic oxidation sites excluding steroid dienone is 3. The highest BCUT2D eigenvalue weighted by atomic mass is 16.1. The van der Waals surface area contributed by atoms with E-state index in [0.29, 0.717) is 18.9 Å². The predicted octanol–water partition coefficient (Wildman–Crippen LogP) is 2.35. The van der Waals surface area contributed by atoms with Crippen molar-refractivity contribution >= 4 is 5.78 Å². The summed E-state index contributed by atoms with van der Waals surface area (Å²) in [6.45, 7) is 0.392. The molecule has 2 rings (SSSR count). The normalized spacial score (nSPS) is 23.7. The molecule has 2 heteroatoms. The quantitative estimate of drug-likeness (QED) is 0.752. The van der Waals surface area contributed by atoms with Crippen LogP contribution in [0.2, 0.25) is 0 Å². The van der Waals surface area contributed by atoms with Crippen molar-refractivity contribution in [1.82, 2.24) is 0 Å². The number of nitrogens with two attached hydrogens (primary N) is 1. The Hall–Kier alpha value is -0.890. The minimum atomic E-state index is 0.206. The Balaban J connectivity index is 2.09. The molecule has 0 bridgehead atoms. The largest absolute Gasteiger partial charge is 0.326 e. The van der Waals surface area contributed by atoms with Crippen LogP contribution >= 0.6 is 0 Å². The van der Waals surface area contributed by atoms with Gasteiger partial charge in [-0.1, -0.05) is 31.4 Å². The minimum Gasteiger partial charge on any atom is -0.326 e. The van der Waals surface area contributed by atoms with Gasteiger partial charge in [0, 0.05) is 18.5 Å². The van der Waals surface area contributed by atoms with Gasteiger partial charge in [-0.05, 0) is 24.3 Å². The van der Waals surface area contributed by atoms with Crippen LogP contribution < -0.4 is 5.73 Å². The molecular weight excluding hydrogens is 186 g/mol. The lowest BCUT2D eigenvalue weighted by Crippen LogP contribution is -2.18. The second kappa shape index (κ2) is 4.75. The summed E-state index contributed by atoms with van der Waals surface area (Å²) in [5.74, 6) is 0.894. The number of rotatable bonds is 2. The molecule has 82 valence electrons. The standard InChI is InChI=1S/C13H19NO/c14-9-12-8-11(6-7-13(12)15)10-4-2-1-3-5-10/h6,8,10H,1-5,7,9,14H2. The van der Waals surface area contributed by atoms with Gasteiger partial charge >= 0.3 is 0 Å². The molecule has 0 spiro atoms. The Bertz CT molecular complexity index is 308. The molecule has 0 aromatic rings. The third kappa shape index (κ3) is 2.37. The zero-order valence-electron chi connectivity index (χ0n) is 9.17. The maximum atomic E-state index is 11.5. The third-order valence-corrected chi connectivity index (χ3v) is 3.52. The predicted molar refractivity (Wildman–Crippen MR) is 61.4 cm³/mol. The van der Waals surface area contributed by atoms with Crippen LogP contribution in [0.1, 0.15) is 38.5 Å². The number of carbonyl (C=O) groups is 1. The van der Waals surface area contributed by atoms with Gasteiger partial charge in [0.1, 0.15) is 0 Å². The van der Waals surface area contributed by atoms with Crippen molar-refractivity contribution in [1.29, 1.82) is 0 Å². The van der Waals surface area contributed by atoms with E-state index in [0.717, 1.165) is 5.57 Å². The summed E-state index contributed by atoms with van der Waals surface area (Å²) in [6.07, 6.45) is 11.3. The van der Waals surface area contributed by atoms with Crippen molar-refractivity contribution in [2.24, 2.45) is 11.7 Å². The van der Waals surface area contributed by atoms with Crippen LogP contribution in [0.25, 0.3) is 0 Å². The summed E-state index contributed by atoms with van der Waals surface area (Å²) in [7, 11) is 0. The first kappa shape index (κ1) is 10.6. The smallest absolute Gasteiger partial charge is 0.163 e. The molecule has 2 nitrogen and oxygen atoms in total. The van der Waals surface area contributed by atoms with Crippen molar-refractivity contribution in [3.8, 4) is 0 Å². The molecule has 0 heterocycles. The Morgan fingerprint density at radius 2 is 2.00 bits per heavy atom. The van der Waals surface area contributed by atoms with E-state index in [2.05, 4.69) is 6.08 Å². The molecule has 15 heavy (non-hydrogen) atoms. The van der Waals surface area contributed by atoms with Crippen LogP contribution in [-0.4, -0.2) is 12.3 Å². The van der Waals surface area contributed by atoms with Crippen molar-refractivity contribution < 1.29 is 4.79 Å². The molecule has 0 aliphatic heterocycles. The SMILES string of the molecule is NCC1=CC(C2CCCCC2)=CCC1=O. The fraction of sp³-hybridized carbons (Fsp3) is 0.615. The molecule has 2 aliphatic carbocycles. The number of hydrogen-bond donors (Lipinski definition) is 1. The topological polar surface area (TPSA) is 43.1 Å². The molecule has 0 unspecified atom stereocenters. The van der Waals surface area contributed by atoms with Crippen LogP contribution in [-0.2, 0) is 4.79 Å². The van der Waals surface area contributed by atoms with Gasteiger partial charge < -0.3 is 5.73 Å². The summed E-state index contributed by atoms with van der Waals surface area (Å²) < 4.78 is 0. The van der Waals surface area contributed by atoms with Crippen LogP contribution in [0.15, 0.2) is 23.3 Å². The highest BCUT2D eigenvalue weighted by molar-refractivity contribution is 5.98. The Morgan fingerprint density at radius 1 is 1.27 bits per heavy atom. The lowest BCUT2D eigenvalue weighted by Gasteiger charge is -2.25. The van der Waals surface area contributed by atoms with Crippen LogP contribution in [0.5, 0.6) is 0 Å². The third-order valence-electron chi connectivity index (χ3n) is 3.52. The molecule has 0 atom stereocenters. The van der Waals surface area contributed by atoms with Crippen molar-refractivity contribution in [3.05, 3.63) is 23.3 Å². The van der Waals surface area contributed by atoms with Gasteiger partial charge in [0.15, 0.2) is 5.78 Å². The number of Topliss-reactive ketones (excluding diaryl/α,β-unsaturated/α-hetero) is 1. The van der Waals surface area contributed by atoms with Crippen LogP contribution in [0.3, 0.4) is 0 Å². The fourth-order valence-corrected chi connectivity index (χ4v) is 2.58. The summed E-state index contributed by atoms with van der Waals surface area (Å²) in [5, 5.41) is 0. The molecule has 1 fully saturated rings. The van der Waals surface area contributed by atoms with Gasteiger partial charge in [-0.3, -0.25) is 4.79 Å². The van der Waals surface area contributed by atoms with Crippen molar-refractivity contribution in [3.63, 3.8) is 0 Å². The molecule has 2 N–H and O–H groups in total. The second-order valence-corrected chi connectivity index (χ2v) is 4.54.